The molecule has 1 saturated carbocycles. The number of nitrogens with one attached hydrogen (secondary N) is 1. The molecule has 0 aromatic carbocycles. The maximum Gasteiger partial charge on any atom is 0.305 e. The van der Waals surface area contributed by atoms with Gasteiger partial charge in [-0.15, -0.1) is 0 Å². The summed E-state index contributed by atoms with van der Waals surface area (Å²) >= 11 is 0. The minimum Gasteiger partial charge on any atom is -0.481 e. The van der Waals surface area contributed by atoms with Crippen molar-refractivity contribution in [1.82, 2.24) is 5.32 Å². The third kappa shape index (κ3) is 4.51. The lowest BCUT2D eigenvalue weighted by Gasteiger charge is -2.38. The molecule has 0 aromatic heterocycles. The largest absolute Gasteiger partial charge is 0.481 e. The van der Waals surface area contributed by atoms with Gasteiger partial charge in [-0.25, -0.2) is 0 Å². The van der Waals surface area contributed by atoms with Gasteiger partial charge in [-0.05, 0) is 24.2 Å². The zero-order valence-corrected chi connectivity index (χ0v) is 12.5. The van der Waals surface area contributed by atoms with Crippen molar-refractivity contribution >= 4 is 11.9 Å². The van der Waals surface area contributed by atoms with E-state index in [0.29, 0.717) is 0 Å². The highest BCUT2D eigenvalue weighted by Gasteiger charge is 2.38. The van der Waals surface area contributed by atoms with Crippen LogP contribution >= 0.6 is 0 Å². The van der Waals surface area contributed by atoms with Gasteiger partial charge in [0.25, 0.3) is 0 Å². The highest BCUT2D eigenvalue weighted by atomic mass is 16.4. The van der Waals surface area contributed by atoms with Gasteiger partial charge in [0.05, 0.1) is 6.42 Å². The van der Waals surface area contributed by atoms with Crippen LogP contribution in [0.2, 0.25) is 0 Å². The van der Waals surface area contributed by atoms with Gasteiger partial charge in [-0.2, -0.15) is 0 Å². The van der Waals surface area contributed by atoms with E-state index in [1.807, 2.05) is 13.8 Å². The number of amides is 1. The summed E-state index contributed by atoms with van der Waals surface area (Å²) < 4.78 is 0. The second kappa shape index (κ2) is 6.40. The number of carboxylic acid groups (broad SMARTS) is 1. The molecule has 4 nitrogen and oxygen atoms in total. The van der Waals surface area contributed by atoms with Crippen molar-refractivity contribution in [3.63, 3.8) is 0 Å². The van der Waals surface area contributed by atoms with Crippen LogP contribution in [0, 0.1) is 17.3 Å². The van der Waals surface area contributed by atoms with Gasteiger partial charge < -0.3 is 10.4 Å². The van der Waals surface area contributed by atoms with Crippen LogP contribution in [0.25, 0.3) is 0 Å². The van der Waals surface area contributed by atoms with Crippen LogP contribution in [0.5, 0.6) is 0 Å². The minimum absolute atomic E-state index is 0.00342. The summed E-state index contributed by atoms with van der Waals surface area (Å²) in [7, 11) is 0. The lowest BCUT2D eigenvalue weighted by molar-refractivity contribution is -0.138. The molecule has 4 heteroatoms. The Morgan fingerprint density at radius 3 is 2.42 bits per heavy atom. The van der Waals surface area contributed by atoms with E-state index in [-0.39, 0.29) is 35.6 Å². The summed E-state index contributed by atoms with van der Waals surface area (Å²) in [5, 5.41) is 11.9. The normalized spacial score (nSPS) is 23.9. The molecule has 2 unspecified atom stereocenters. The van der Waals surface area contributed by atoms with Crippen LogP contribution in [0.1, 0.15) is 59.8 Å². The average molecular weight is 269 g/mol. The van der Waals surface area contributed by atoms with Crippen LogP contribution in [-0.4, -0.2) is 23.0 Å². The second-order valence-corrected chi connectivity index (χ2v) is 6.74. The van der Waals surface area contributed by atoms with E-state index in [9.17, 15) is 9.59 Å². The molecule has 0 aromatic rings. The van der Waals surface area contributed by atoms with Gasteiger partial charge in [0.15, 0.2) is 0 Å². The molecule has 0 bridgehead atoms. The van der Waals surface area contributed by atoms with Gasteiger partial charge >= 0.3 is 5.97 Å². The summed E-state index contributed by atoms with van der Waals surface area (Å²) in [6.45, 7) is 8.16. The third-order valence-electron chi connectivity index (χ3n) is 4.35. The number of rotatable bonds is 5. The third-order valence-corrected chi connectivity index (χ3v) is 4.35. The Morgan fingerprint density at radius 1 is 1.32 bits per heavy atom. The molecule has 2 atom stereocenters. The molecule has 0 aliphatic heterocycles. The molecule has 1 amide bonds. The molecule has 110 valence electrons. The standard InChI is InChI=1S/C15H27NO3/c1-10(2)12(9-13(17)18)16-14(19)11-7-5-6-8-15(11,3)4/h10-12H,5-9H2,1-4H3,(H,16,19)(H,17,18). The fourth-order valence-corrected chi connectivity index (χ4v) is 2.90. The second-order valence-electron chi connectivity index (χ2n) is 6.74. The molecule has 1 aliphatic rings. The first-order valence-corrected chi connectivity index (χ1v) is 7.26. The van der Waals surface area contributed by atoms with Crippen LogP contribution < -0.4 is 5.32 Å². The topological polar surface area (TPSA) is 66.4 Å². The first kappa shape index (κ1) is 16.0. The zero-order valence-electron chi connectivity index (χ0n) is 12.5. The van der Waals surface area contributed by atoms with Crippen molar-refractivity contribution in [2.24, 2.45) is 17.3 Å². The monoisotopic (exact) mass is 269 g/mol. The van der Waals surface area contributed by atoms with E-state index in [1.54, 1.807) is 0 Å². The predicted octanol–water partition coefficient (Wildman–Crippen LogP) is 2.82. The molecule has 2 N–H and O–H groups in total. The molecular weight excluding hydrogens is 242 g/mol. The molecule has 19 heavy (non-hydrogen) atoms. The van der Waals surface area contributed by atoms with Crippen molar-refractivity contribution in [2.75, 3.05) is 0 Å². The van der Waals surface area contributed by atoms with Crippen molar-refractivity contribution in [3.8, 4) is 0 Å². The van der Waals surface area contributed by atoms with Gasteiger partial charge in [-0.3, -0.25) is 9.59 Å². The Kier molecular flexibility index (Phi) is 5.39. The van der Waals surface area contributed by atoms with Crippen molar-refractivity contribution in [1.29, 1.82) is 0 Å². The molecule has 1 rings (SSSR count). The SMILES string of the molecule is CC(C)C(CC(=O)O)NC(=O)C1CCCCC1(C)C. The molecule has 0 radical (unpaired) electrons. The maximum atomic E-state index is 12.4. The summed E-state index contributed by atoms with van der Waals surface area (Å²) in [4.78, 5) is 23.3. The van der Waals surface area contributed by atoms with Crippen LogP contribution in [-0.2, 0) is 9.59 Å². The molecule has 1 aliphatic carbocycles. The zero-order chi connectivity index (χ0) is 14.6. The molecule has 0 spiro atoms. The molecule has 0 heterocycles. The lowest BCUT2D eigenvalue weighted by atomic mass is 9.68. The maximum absolute atomic E-state index is 12.4. The average Bonchev–Trinajstić information content (AvgIpc) is 2.26. The number of carbonyl (C=O) groups excluding carboxylic acids is 1. The molecular formula is C15H27NO3. The summed E-state index contributed by atoms with van der Waals surface area (Å²) in [6.07, 6.45) is 4.25. The Labute approximate surface area is 116 Å². The van der Waals surface area contributed by atoms with Crippen molar-refractivity contribution < 1.29 is 14.7 Å². The number of carbonyl (C=O) groups is 2. The van der Waals surface area contributed by atoms with E-state index >= 15 is 0 Å². The first-order chi connectivity index (χ1) is 8.74. The summed E-state index contributed by atoms with van der Waals surface area (Å²) in [5.74, 6) is -0.686. The number of carboxylic acids is 1. The van der Waals surface area contributed by atoms with Crippen molar-refractivity contribution in [2.45, 2.75) is 65.8 Å². The van der Waals surface area contributed by atoms with E-state index < -0.39 is 5.97 Å². The Morgan fingerprint density at radius 2 is 1.95 bits per heavy atom. The number of hydrogen-bond donors (Lipinski definition) is 2. The molecule has 1 fully saturated rings. The summed E-state index contributed by atoms with van der Waals surface area (Å²) in [5.41, 5.74) is 0.0209. The summed E-state index contributed by atoms with van der Waals surface area (Å²) in [6, 6.07) is -0.275. The van der Waals surface area contributed by atoms with Crippen LogP contribution in [0.3, 0.4) is 0 Å². The quantitative estimate of drug-likeness (QED) is 0.806. The Bertz CT molecular complexity index is 336. The van der Waals surface area contributed by atoms with Gasteiger partial charge in [0.2, 0.25) is 5.91 Å². The van der Waals surface area contributed by atoms with E-state index in [4.69, 9.17) is 5.11 Å². The minimum atomic E-state index is -0.859. The van der Waals surface area contributed by atoms with Crippen LogP contribution in [0.15, 0.2) is 0 Å². The van der Waals surface area contributed by atoms with E-state index in [1.165, 1.54) is 6.42 Å². The van der Waals surface area contributed by atoms with Crippen molar-refractivity contribution in [3.05, 3.63) is 0 Å². The van der Waals surface area contributed by atoms with Crippen LogP contribution in [0.4, 0.5) is 0 Å². The van der Waals surface area contributed by atoms with Gasteiger partial charge in [-0.1, -0.05) is 40.5 Å². The van der Waals surface area contributed by atoms with E-state index in [0.717, 1.165) is 19.3 Å². The number of hydrogen-bond acceptors (Lipinski definition) is 2. The highest BCUT2D eigenvalue weighted by molar-refractivity contribution is 5.80. The first-order valence-electron chi connectivity index (χ1n) is 7.26. The van der Waals surface area contributed by atoms with Gasteiger partial charge in [0, 0.05) is 12.0 Å². The Balaban J connectivity index is 2.68. The fourth-order valence-electron chi connectivity index (χ4n) is 2.90. The highest BCUT2D eigenvalue weighted by Crippen LogP contribution is 2.40. The Hall–Kier alpha value is -1.06. The van der Waals surface area contributed by atoms with Gasteiger partial charge in [0.1, 0.15) is 0 Å². The predicted molar refractivity (Wildman–Crippen MR) is 74.8 cm³/mol. The number of aliphatic carboxylic acids is 1. The molecule has 0 saturated heterocycles. The smallest absolute Gasteiger partial charge is 0.305 e. The van der Waals surface area contributed by atoms with E-state index in [2.05, 4.69) is 19.2 Å². The fraction of sp³-hybridized carbons (Fsp3) is 0.867. The lowest BCUT2D eigenvalue weighted by Crippen LogP contribution is -2.47.